The van der Waals surface area contributed by atoms with Crippen LogP contribution in [0.3, 0.4) is 0 Å². The smallest absolute Gasteiger partial charge is 0.0107 e. The first-order valence-electron chi connectivity index (χ1n) is 7.00. The van der Waals surface area contributed by atoms with Crippen LogP contribution in [-0.2, 0) is 0 Å². The van der Waals surface area contributed by atoms with Crippen LogP contribution in [0.2, 0.25) is 0 Å². The molecule has 2 fully saturated rings. The Morgan fingerprint density at radius 3 is 1.88 bits per heavy atom. The molecule has 16 heavy (non-hydrogen) atoms. The molecule has 0 bridgehead atoms. The van der Waals surface area contributed by atoms with E-state index in [1.807, 2.05) is 0 Å². The van der Waals surface area contributed by atoms with Crippen LogP contribution >= 0.6 is 0 Å². The minimum atomic E-state index is 0.269. The summed E-state index contributed by atoms with van der Waals surface area (Å²) in [6.07, 6.45) is 5.92. The SMILES string of the molecule is CC(C)(C)NCCN(CC1CC1)CC1CC1. The highest BCUT2D eigenvalue weighted by atomic mass is 15.2. The zero-order chi connectivity index (χ0) is 11.6. The number of rotatable bonds is 7. The summed E-state index contributed by atoms with van der Waals surface area (Å²) in [7, 11) is 0. The summed E-state index contributed by atoms with van der Waals surface area (Å²) < 4.78 is 0. The summed E-state index contributed by atoms with van der Waals surface area (Å²) in [5, 5.41) is 3.60. The molecule has 2 saturated carbocycles. The molecule has 0 radical (unpaired) electrons. The lowest BCUT2D eigenvalue weighted by molar-refractivity contribution is 0.243. The maximum absolute atomic E-state index is 3.60. The van der Waals surface area contributed by atoms with Gasteiger partial charge in [0.2, 0.25) is 0 Å². The average molecular weight is 224 g/mol. The Morgan fingerprint density at radius 2 is 1.50 bits per heavy atom. The highest BCUT2D eigenvalue weighted by Crippen LogP contribution is 2.33. The molecule has 0 atom stereocenters. The van der Waals surface area contributed by atoms with Crippen LogP contribution in [0.5, 0.6) is 0 Å². The average Bonchev–Trinajstić information content (AvgIpc) is 2.96. The fourth-order valence-electron chi connectivity index (χ4n) is 2.18. The highest BCUT2D eigenvalue weighted by molar-refractivity contribution is 4.83. The van der Waals surface area contributed by atoms with Gasteiger partial charge in [0, 0.05) is 31.7 Å². The minimum Gasteiger partial charge on any atom is -0.311 e. The fraction of sp³-hybridized carbons (Fsp3) is 1.00. The second kappa shape index (κ2) is 5.05. The van der Waals surface area contributed by atoms with Gasteiger partial charge in [-0.2, -0.15) is 0 Å². The lowest BCUT2D eigenvalue weighted by Crippen LogP contribution is -2.42. The Hall–Kier alpha value is -0.0800. The van der Waals surface area contributed by atoms with Crippen molar-refractivity contribution >= 4 is 0 Å². The predicted octanol–water partition coefficient (Wildman–Crippen LogP) is 2.50. The van der Waals surface area contributed by atoms with Crippen molar-refractivity contribution in [1.29, 1.82) is 0 Å². The van der Waals surface area contributed by atoms with Crippen molar-refractivity contribution in [3.8, 4) is 0 Å². The number of hydrogen-bond acceptors (Lipinski definition) is 2. The molecule has 2 rings (SSSR count). The molecule has 0 amide bonds. The van der Waals surface area contributed by atoms with Gasteiger partial charge < -0.3 is 10.2 Å². The summed E-state index contributed by atoms with van der Waals surface area (Å²) in [6, 6.07) is 0. The lowest BCUT2D eigenvalue weighted by atomic mass is 10.1. The zero-order valence-electron chi connectivity index (χ0n) is 11.3. The topological polar surface area (TPSA) is 15.3 Å². The molecule has 0 saturated heterocycles. The van der Waals surface area contributed by atoms with Crippen LogP contribution in [0.1, 0.15) is 46.5 Å². The van der Waals surface area contributed by atoms with Crippen molar-refractivity contribution in [2.24, 2.45) is 11.8 Å². The minimum absolute atomic E-state index is 0.269. The first-order valence-corrected chi connectivity index (χ1v) is 7.00. The molecule has 0 aliphatic heterocycles. The van der Waals surface area contributed by atoms with Gasteiger partial charge in [-0.05, 0) is 58.3 Å². The molecule has 2 heteroatoms. The van der Waals surface area contributed by atoms with Crippen LogP contribution in [-0.4, -0.2) is 36.6 Å². The van der Waals surface area contributed by atoms with Crippen molar-refractivity contribution in [3.63, 3.8) is 0 Å². The molecule has 94 valence electrons. The van der Waals surface area contributed by atoms with Gasteiger partial charge in [0.05, 0.1) is 0 Å². The molecule has 0 aromatic heterocycles. The van der Waals surface area contributed by atoms with Crippen molar-refractivity contribution in [2.45, 2.75) is 52.0 Å². The standard InChI is InChI=1S/C14H28N2/c1-14(2,3)15-8-9-16(10-12-4-5-12)11-13-6-7-13/h12-13,15H,4-11H2,1-3H3. The van der Waals surface area contributed by atoms with E-state index in [0.717, 1.165) is 18.4 Å². The van der Waals surface area contributed by atoms with Gasteiger partial charge in [-0.15, -0.1) is 0 Å². The fourth-order valence-corrected chi connectivity index (χ4v) is 2.18. The van der Waals surface area contributed by atoms with E-state index in [4.69, 9.17) is 0 Å². The quantitative estimate of drug-likeness (QED) is 0.715. The Morgan fingerprint density at radius 1 is 1.00 bits per heavy atom. The zero-order valence-corrected chi connectivity index (χ0v) is 11.3. The summed E-state index contributed by atoms with van der Waals surface area (Å²) in [6.45, 7) is 11.9. The molecule has 1 N–H and O–H groups in total. The maximum Gasteiger partial charge on any atom is 0.0107 e. The second-order valence-electron chi connectivity index (χ2n) is 6.82. The van der Waals surface area contributed by atoms with Gasteiger partial charge in [-0.3, -0.25) is 0 Å². The van der Waals surface area contributed by atoms with Gasteiger partial charge in [-0.25, -0.2) is 0 Å². The normalized spacial score (nSPS) is 21.8. The van der Waals surface area contributed by atoms with Crippen molar-refractivity contribution in [2.75, 3.05) is 26.2 Å². The van der Waals surface area contributed by atoms with E-state index in [0.29, 0.717) is 0 Å². The lowest BCUT2D eigenvalue weighted by Gasteiger charge is -2.26. The molecule has 0 unspecified atom stereocenters. The molecular formula is C14H28N2. The molecule has 2 aliphatic carbocycles. The molecule has 0 aromatic rings. The van der Waals surface area contributed by atoms with E-state index in [1.165, 1.54) is 45.3 Å². The molecule has 2 nitrogen and oxygen atoms in total. The van der Waals surface area contributed by atoms with Gasteiger partial charge in [-0.1, -0.05) is 0 Å². The maximum atomic E-state index is 3.60. The van der Waals surface area contributed by atoms with E-state index in [-0.39, 0.29) is 5.54 Å². The van der Waals surface area contributed by atoms with Gasteiger partial charge in [0.25, 0.3) is 0 Å². The molecule has 2 aliphatic rings. The molecule has 0 spiro atoms. The second-order valence-corrected chi connectivity index (χ2v) is 6.82. The third-order valence-electron chi connectivity index (χ3n) is 3.51. The Balaban J connectivity index is 1.63. The van der Waals surface area contributed by atoms with Crippen molar-refractivity contribution in [1.82, 2.24) is 10.2 Å². The van der Waals surface area contributed by atoms with E-state index in [2.05, 4.69) is 31.0 Å². The third-order valence-corrected chi connectivity index (χ3v) is 3.51. The van der Waals surface area contributed by atoms with Gasteiger partial charge in [0.15, 0.2) is 0 Å². The van der Waals surface area contributed by atoms with E-state index in [1.54, 1.807) is 0 Å². The monoisotopic (exact) mass is 224 g/mol. The van der Waals surface area contributed by atoms with Crippen LogP contribution in [0.4, 0.5) is 0 Å². The number of nitrogens with one attached hydrogen (secondary N) is 1. The predicted molar refractivity (Wildman–Crippen MR) is 69.6 cm³/mol. The van der Waals surface area contributed by atoms with Crippen molar-refractivity contribution in [3.05, 3.63) is 0 Å². The summed E-state index contributed by atoms with van der Waals surface area (Å²) in [5.74, 6) is 2.07. The Kier molecular flexibility index (Phi) is 3.91. The van der Waals surface area contributed by atoms with Gasteiger partial charge in [0.1, 0.15) is 0 Å². The molecule has 0 aromatic carbocycles. The summed E-state index contributed by atoms with van der Waals surface area (Å²) in [5.41, 5.74) is 0.269. The van der Waals surface area contributed by atoms with E-state index in [9.17, 15) is 0 Å². The van der Waals surface area contributed by atoms with Crippen LogP contribution in [0.15, 0.2) is 0 Å². The van der Waals surface area contributed by atoms with Crippen LogP contribution in [0.25, 0.3) is 0 Å². The van der Waals surface area contributed by atoms with E-state index >= 15 is 0 Å². The Labute approximate surface area is 101 Å². The molecular weight excluding hydrogens is 196 g/mol. The van der Waals surface area contributed by atoms with E-state index < -0.39 is 0 Å². The van der Waals surface area contributed by atoms with Crippen molar-refractivity contribution < 1.29 is 0 Å². The van der Waals surface area contributed by atoms with Crippen LogP contribution < -0.4 is 5.32 Å². The first kappa shape index (κ1) is 12.4. The summed E-state index contributed by atoms with van der Waals surface area (Å²) in [4.78, 5) is 2.70. The number of hydrogen-bond donors (Lipinski definition) is 1. The number of nitrogens with zero attached hydrogens (tertiary/aromatic N) is 1. The first-order chi connectivity index (χ1) is 7.53. The highest BCUT2D eigenvalue weighted by Gasteiger charge is 2.28. The third kappa shape index (κ3) is 5.31. The van der Waals surface area contributed by atoms with Crippen LogP contribution in [0, 0.1) is 11.8 Å². The molecule has 0 heterocycles. The largest absolute Gasteiger partial charge is 0.311 e. The Bertz CT molecular complexity index is 197. The summed E-state index contributed by atoms with van der Waals surface area (Å²) >= 11 is 0. The van der Waals surface area contributed by atoms with Gasteiger partial charge >= 0.3 is 0 Å².